The van der Waals surface area contributed by atoms with E-state index in [9.17, 15) is 4.79 Å². The number of benzene rings is 1. The molecule has 0 aliphatic carbocycles. The SMILES string of the molecule is CCN(C(=O)c1cc(N2CCCC(C)C2)ncn1)c1ccccc1. The topological polar surface area (TPSA) is 49.3 Å². The van der Waals surface area contributed by atoms with Gasteiger partial charge < -0.3 is 9.80 Å². The lowest BCUT2D eigenvalue weighted by molar-refractivity contribution is 0.0983. The van der Waals surface area contributed by atoms with Gasteiger partial charge in [-0.25, -0.2) is 9.97 Å². The zero-order valence-corrected chi connectivity index (χ0v) is 14.4. The normalized spacial score (nSPS) is 17.6. The van der Waals surface area contributed by atoms with Crippen LogP contribution in [0.5, 0.6) is 0 Å². The van der Waals surface area contributed by atoms with Crippen molar-refractivity contribution in [3.05, 3.63) is 48.4 Å². The lowest BCUT2D eigenvalue weighted by atomic mass is 10.0. The molecule has 0 N–H and O–H groups in total. The van der Waals surface area contributed by atoms with Crippen LogP contribution < -0.4 is 9.80 Å². The van der Waals surface area contributed by atoms with Gasteiger partial charge in [0.05, 0.1) is 0 Å². The molecule has 5 nitrogen and oxygen atoms in total. The second kappa shape index (κ2) is 7.43. The minimum atomic E-state index is -0.0857. The third-order valence-corrected chi connectivity index (χ3v) is 4.48. The molecule has 126 valence electrons. The third kappa shape index (κ3) is 3.55. The number of amides is 1. The lowest BCUT2D eigenvalue weighted by Crippen LogP contribution is -2.35. The fourth-order valence-electron chi connectivity index (χ4n) is 3.22. The maximum Gasteiger partial charge on any atom is 0.277 e. The zero-order valence-electron chi connectivity index (χ0n) is 14.4. The number of aromatic nitrogens is 2. The molecular weight excluding hydrogens is 300 g/mol. The molecule has 1 saturated heterocycles. The molecule has 1 amide bonds. The van der Waals surface area contributed by atoms with Crippen LogP contribution in [0.1, 0.15) is 37.2 Å². The van der Waals surface area contributed by atoms with Gasteiger partial charge in [0.1, 0.15) is 17.8 Å². The van der Waals surface area contributed by atoms with E-state index in [2.05, 4.69) is 21.8 Å². The van der Waals surface area contributed by atoms with E-state index in [1.54, 1.807) is 4.90 Å². The third-order valence-electron chi connectivity index (χ3n) is 4.48. The molecule has 0 bridgehead atoms. The summed E-state index contributed by atoms with van der Waals surface area (Å²) in [6.45, 7) is 6.81. The molecular formula is C19H24N4O. The smallest absolute Gasteiger partial charge is 0.277 e. The monoisotopic (exact) mass is 324 g/mol. The van der Waals surface area contributed by atoms with E-state index in [4.69, 9.17) is 0 Å². The summed E-state index contributed by atoms with van der Waals surface area (Å²) in [7, 11) is 0. The van der Waals surface area contributed by atoms with Crippen molar-refractivity contribution in [2.75, 3.05) is 29.4 Å². The van der Waals surface area contributed by atoms with Crippen LogP contribution >= 0.6 is 0 Å². The van der Waals surface area contributed by atoms with Crippen molar-refractivity contribution in [2.24, 2.45) is 5.92 Å². The summed E-state index contributed by atoms with van der Waals surface area (Å²) >= 11 is 0. The molecule has 2 heterocycles. The second-order valence-corrected chi connectivity index (χ2v) is 6.34. The van der Waals surface area contributed by atoms with Crippen LogP contribution in [0, 0.1) is 5.92 Å². The molecule has 1 aromatic heterocycles. The molecule has 24 heavy (non-hydrogen) atoms. The van der Waals surface area contributed by atoms with E-state index in [0.29, 0.717) is 18.2 Å². The predicted molar refractivity (Wildman–Crippen MR) is 96.4 cm³/mol. The fraction of sp³-hybridized carbons (Fsp3) is 0.421. The van der Waals surface area contributed by atoms with Crippen LogP contribution in [0.25, 0.3) is 0 Å². The van der Waals surface area contributed by atoms with Crippen molar-refractivity contribution < 1.29 is 4.79 Å². The summed E-state index contributed by atoms with van der Waals surface area (Å²) in [4.78, 5) is 25.5. The van der Waals surface area contributed by atoms with Gasteiger partial charge in [-0.1, -0.05) is 25.1 Å². The summed E-state index contributed by atoms with van der Waals surface area (Å²) < 4.78 is 0. The molecule has 5 heteroatoms. The first-order chi connectivity index (χ1) is 11.7. The van der Waals surface area contributed by atoms with Crippen LogP contribution in [0.2, 0.25) is 0 Å². The van der Waals surface area contributed by atoms with Crippen LogP contribution in [-0.2, 0) is 0 Å². The highest BCUT2D eigenvalue weighted by Gasteiger charge is 2.21. The van der Waals surface area contributed by atoms with Crippen molar-refractivity contribution in [2.45, 2.75) is 26.7 Å². The van der Waals surface area contributed by atoms with Gasteiger partial charge >= 0.3 is 0 Å². The average molecular weight is 324 g/mol. The first-order valence-corrected chi connectivity index (χ1v) is 8.63. The van der Waals surface area contributed by atoms with Crippen molar-refractivity contribution in [3.63, 3.8) is 0 Å². The molecule has 0 spiro atoms. The largest absolute Gasteiger partial charge is 0.356 e. The maximum absolute atomic E-state index is 12.9. The van der Waals surface area contributed by atoms with E-state index in [1.807, 2.05) is 43.3 Å². The number of para-hydroxylation sites is 1. The Morgan fingerprint density at radius 1 is 1.29 bits per heavy atom. The van der Waals surface area contributed by atoms with Crippen molar-refractivity contribution >= 4 is 17.4 Å². The number of carbonyl (C=O) groups is 1. The molecule has 0 radical (unpaired) electrons. The summed E-state index contributed by atoms with van der Waals surface area (Å²) in [6, 6.07) is 11.5. The van der Waals surface area contributed by atoms with Gasteiger partial charge in [0.15, 0.2) is 0 Å². The van der Waals surface area contributed by atoms with Crippen LogP contribution in [0.3, 0.4) is 0 Å². The van der Waals surface area contributed by atoms with Gasteiger partial charge in [-0.05, 0) is 37.8 Å². The number of piperidine rings is 1. The summed E-state index contributed by atoms with van der Waals surface area (Å²) in [5, 5.41) is 0. The van der Waals surface area contributed by atoms with Crippen LogP contribution in [0.15, 0.2) is 42.7 Å². The van der Waals surface area contributed by atoms with E-state index >= 15 is 0 Å². The number of anilines is 2. The zero-order chi connectivity index (χ0) is 16.9. The maximum atomic E-state index is 12.9. The first kappa shape index (κ1) is 16.4. The van der Waals surface area contributed by atoms with Gasteiger partial charge in [-0.15, -0.1) is 0 Å². The second-order valence-electron chi connectivity index (χ2n) is 6.34. The van der Waals surface area contributed by atoms with Crippen LogP contribution in [-0.4, -0.2) is 35.5 Å². The van der Waals surface area contributed by atoms with E-state index < -0.39 is 0 Å². The average Bonchev–Trinajstić information content (AvgIpc) is 2.63. The Morgan fingerprint density at radius 2 is 2.08 bits per heavy atom. The number of rotatable bonds is 4. The first-order valence-electron chi connectivity index (χ1n) is 8.63. The van der Waals surface area contributed by atoms with Crippen molar-refractivity contribution in [3.8, 4) is 0 Å². The molecule has 2 aromatic rings. The quantitative estimate of drug-likeness (QED) is 0.865. The molecule has 1 unspecified atom stereocenters. The molecule has 3 rings (SSSR count). The predicted octanol–water partition coefficient (Wildman–Crippen LogP) is 3.38. The van der Waals surface area contributed by atoms with Crippen molar-refractivity contribution in [1.82, 2.24) is 9.97 Å². The number of hydrogen-bond acceptors (Lipinski definition) is 4. The molecule has 1 aliphatic rings. The van der Waals surface area contributed by atoms with E-state index in [1.165, 1.54) is 19.2 Å². The lowest BCUT2D eigenvalue weighted by Gasteiger charge is -2.32. The molecule has 0 saturated carbocycles. The minimum Gasteiger partial charge on any atom is -0.356 e. The number of hydrogen-bond donors (Lipinski definition) is 0. The fourth-order valence-corrected chi connectivity index (χ4v) is 3.22. The standard InChI is InChI=1S/C19H24N4O/c1-3-23(16-9-5-4-6-10-16)19(24)17-12-18(21-14-20-17)22-11-7-8-15(2)13-22/h4-6,9-10,12,14-15H,3,7-8,11,13H2,1-2H3. The Labute approximate surface area is 143 Å². The van der Waals surface area contributed by atoms with Gasteiger partial charge in [0.25, 0.3) is 5.91 Å². The summed E-state index contributed by atoms with van der Waals surface area (Å²) in [5.74, 6) is 1.42. The van der Waals surface area contributed by atoms with E-state index in [-0.39, 0.29) is 5.91 Å². The molecule has 1 fully saturated rings. The van der Waals surface area contributed by atoms with Gasteiger partial charge in [-0.2, -0.15) is 0 Å². The highest BCUT2D eigenvalue weighted by Crippen LogP contribution is 2.22. The Balaban J connectivity index is 1.83. The Bertz CT molecular complexity index is 689. The molecule has 1 atom stereocenters. The highest BCUT2D eigenvalue weighted by atomic mass is 16.2. The summed E-state index contributed by atoms with van der Waals surface area (Å²) in [6.07, 6.45) is 3.92. The van der Waals surface area contributed by atoms with Gasteiger partial charge in [-0.3, -0.25) is 4.79 Å². The van der Waals surface area contributed by atoms with Crippen LogP contribution in [0.4, 0.5) is 11.5 Å². The molecule has 1 aliphatic heterocycles. The van der Waals surface area contributed by atoms with Crippen molar-refractivity contribution in [1.29, 1.82) is 0 Å². The number of nitrogens with zero attached hydrogens (tertiary/aromatic N) is 4. The highest BCUT2D eigenvalue weighted by molar-refractivity contribution is 6.05. The number of carbonyl (C=O) groups excluding carboxylic acids is 1. The Hall–Kier alpha value is -2.43. The minimum absolute atomic E-state index is 0.0857. The molecule has 1 aromatic carbocycles. The van der Waals surface area contributed by atoms with E-state index in [0.717, 1.165) is 24.6 Å². The van der Waals surface area contributed by atoms with Gasteiger partial charge in [0.2, 0.25) is 0 Å². The Morgan fingerprint density at radius 3 is 2.79 bits per heavy atom. The summed E-state index contributed by atoms with van der Waals surface area (Å²) in [5.41, 5.74) is 1.33. The Kier molecular flexibility index (Phi) is 5.08. The van der Waals surface area contributed by atoms with Gasteiger partial charge in [0, 0.05) is 31.4 Å².